The Morgan fingerprint density at radius 1 is 0.471 bits per heavy atom. The molecule has 0 fully saturated rings. The van der Waals surface area contributed by atoms with Crippen molar-refractivity contribution in [2.45, 2.75) is 83.5 Å². The summed E-state index contributed by atoms with van der Waals surface area (Å²) in [4.78, 5) is 0. The summed E-state index contributed by atoms with van der Waals surface area (Å²) in [7, 11) is 0. The second kappa shape index (κ2) is 15.7. The van der Waals surface area contributed by atoms with Gasteiger partial charge in [-0.05, 0) is 25.7 Å². The highest BCUT2D eigenvalue weighted by atomic mass is 14.0. The molecule has 0 saturated carbocycles. The quantitative estimate of drug-likeness (QED) is 0.261. The van der Waals surface area contributed by atoms with E-state index in [4.69, 9.17) is 0 Å². The van der Waals surface area contributed by atoms with Crippen LogP contribution in [0.1, 0.15) is 83.5 Å². The summed E-state index contributed by atoms with van der Waals surface area (Å²) in [5.74, 6) is 0. The number of hydrogen-bond donors (Lipinski definition) is 0. The Balaban J connectivity index is 2.97. The number of rotatable bonds is 13. The third-order valence-electron chi connectivity index (χ3n) is 3.16. The van der Waals surface area contributed by atoms with Crippen LogP contribution in [0, 0.1) is 13.8 Å². The Morgan fingerprint density at radius 3 is 1.35 bits per heavy atom. The molecule has 0 aromatic carbocycles. The van der Waals surface area contributed by atoms with Crippen LogP contribution in [0.4, 0.5) is 0 Å². The van der Waals surface area contributed by atoms with Gasteiger partial charge in [-0.1, -0.05) is 83.8 Å². The number of allylic oxidation sites excluding steroid dienone is 2. The van der Waals surface area contributed by atoms with Crippen LogP contribution in [0.15, 0.2) is 12.2 Å². The van der Waals surface area contributed by atoms with Crippen molar-refractivity contribution in [1.82, 2.24) is 0 Å². The maximum Gasteiger partial charge on any atom is -0.0351 e. The molecular weight excluding hydrogens is 204 g/mol. The fourth-order valence-corrected chi connectivity index (χ4v) is 2.00. The maximum absolute atomic E-state index is 3.87. The smallest absolute Gasteiger partial charge is 0.0351 e. The SMILES string of the molecule is [CH2]CCCCC=CCCCCCCCCC[CH2]. The van der Waals surface area contributed by atoms with E-state index in [1.165, 1.54) is 70.6 Å². The lowest BCUT2D eigenvalue weighted by Crippen LogP contribution is -1.80. The molecule has 17 heavy (non-hydrogen) atoms. The van der Waals surface area contributed by atoms with Gasteiger partial charge in [0, 0.05) is 0 Å². The summed E-state index contributed by atoms with van der Waals surface area (Å²) in [5.41, 5.74) is 0. The van der Waals surface area contributed by atoms with Crippen LogP contribution in [0.3, 0.4) is 0 Å². The van der Waals surface area contributed by atoms with E-state index in [0.29, 0.717) is 0 Å². The molecule has 0 saturated heterocycles. The molecule has 0 rings (SSSR count). The summed E-state index contributed by atoms with van der Waals surface area (Å²) in [6.45, 7) is 7.72. The van der Waals surface area contributed by atoms with E-state index in [0.717, 1.165) is 12.8 Å². The van der Waals surface area contributed by atoms with Gasteiger partial charge in [0.15, 0.2) is 0 Å². The minimum atomic E-state index is 1.09. The van der Waals surface area contributed by atoms with Crippen LogP contribution >= 0.6 is 0 Å². The normalized spacial score (nSPS) is 11.4. The van der Waals surface area contributed by atoms with Crippen LogP contribution < -0.4 is 0 Å². The molecule has 0 heterocycles. The summed E-state index contributed by atoms with van der Waals surface area (Å²) in [6, 6.07) is 0. The van der Waals surface area contributed by atoms with E-state index in [2.05, 4.69) is 26.0 Å². The molecule has 0 unspecified atom stereocenters. The van der Waals surface area contributed by atoms with Crippen LogP contribution in [-0.4, -0.2) is 0 Å². The van der Waals surface area contributed by atoms with Crippen LogP contribution in [-0.2, 0) is 0 Å². The largest absolute Gasteiger partial charge is 0.0885 e. The maximum atomic E-state index is 3.87. The van der Waals surface area contributed by atoms with Crippen LogP contribution in [0.25, 0.3) is 0 Å². The van der Waals surface area contributed by atoms with Gasteiger partial charge in [0.05, 0.1) is 0 Å². The first-order valence-electron chi connectivity index (χ1n) is 7.65. The van der Waals surface area contributed by atoms with Crippen molar-refractivity contribution in [3.63, 3.8) is 0 Å². The van der Waals surface area contributed by atoms with E-state index < -0.39 is 0 Å². The summed E-state index contributed by atoms with van der Waals surface area (Å²) < 4.78 is 0. The zero-order chi connectivity index (χ0) is 12.6. The van der Waals surface area contributed by atoms with Crippen molar-refractivity contribution in [3.05, 3.63) is 26.0 Å². The third kappa shape index (κ3) is 15.7. The average Bonchev–Trinajstić information content (AvgIpc) is 2.35. The molecular formula is C17H32. The average molecular weight is 236 g/mol. The van der Waals surface area contributed by atoms with E-state index >= 15 is 0 Å². The highest BCUT2D eigenvalue weighted by molar-refractivity contribution is 4.81. The van der Waals surface area contributed by atoms with Crippen molar-refractivity contribution in [1.29, 1.82) is 0 Å². The molecule has 0 N–H and O–H groups in total. The van der Waals surface area contributed by atoms with E-state index in [9.17, 15) is 0 Å². The molecule has 0 aromatic rings. The lowest BCUT2D eigenvalue weighted by atomic mass is 10.1. The van der Waals surface area contributed by atoms with Gasteiger partial charge in [0.25, 0.3) is 0 Å². The predicted octanol–water partition coefficient (Wildman–Crippen LogP) is 6.28. The van der Waals surface area contributed by atoms with Gasteiger partial charge >= 0.3 is 0 Å². The van der Waals surface area contributed by atoms with E-state index in [1.807, 2.05) is 0 Å². The number of unbranched alkanes of at least 4 members (excludes halogenated alkanes) is 11. The van der Waals surface area contributed by atoms with Gasteiger partial charge < -0.3 is 0 Å². The monoisotopic (exact) mass is 236 g/mol. The molecule has 0 spiro atoms. The van der Waals surface area contributed by atoms with Crippen molar-refractivity contribution in [2.75, 3.05) is 0 Å². The van der Waals surface area contributed by atoms with Gasteiger partial charge in [-0.3, -0.25) is 0 Å². The fraction of sp³-hybridized carbons (Fsp3) is 0.765. The van der Waals surface area contributed by atoms with Crippen LogP contribution in [0.5, 0.6) is 0 Å². The lowest BCUT2D eigenvalue weighted by Gasteiger charge is -1.99. The van der Waals surface area contributed by atoms with Gasteiger partial charge in [-0.15, -0.1) is 0 Å². The first-order chi connectivity index (χ1) is 8.41. The molecule has 0 aliphatic carbocycles. The molecule has 0 heteroatoms. The van der Waals surface area contributed by atoms with Crippen molar-refractivity contribution in [3.8, 4) is 0 Å². The van der Waals surface area contributed by atoms with Gasteiger partial charge in [0.2, 0.25) is 0 Å². The fourth-order valence-electron chi connectivity index (χ4n) is 2.00. The zero-order valence-electron chi connectivity index (χ0n) is 11.8. The first-order valence-corrected chi connectivity index (χ1v) is 7.65. The second-order valence-electron chi connectivity index (χ2n) is 4.94. The molecule has 0 atom stereocenters. The highest BCUT2D eigenvalue weighted by Gasteiger charge is 1.90. The van der Waals surface area contributed by atoms with Crippen molar-refractivity contribution < 1.29 is 0 Å². The Kier molecular flexibility index (Phi) is 15.5. The molecule has 2 radical (unpaired) electrons. The molecule has 0 aliphatic rings. The number of hydrogen-bond acceptors (Lipinski definition) is 0. The Morgan fingerprint density at radius 2 is 0.824 bits per heavy atom. The summed E-state index contributed by atoms with van der Waals surface area (Å²) in [5, 5.41) is 0. The first kappa shape index (κ1) is 16.7. The Labute approximate surface area is 110 Å². The van der Waals surface area contributed by atoms with Crippen molar-refractivity contribution >= 4 is 0 Å². The summed E-state index contributed by atoms with van der Waals surface area (Å²) in [6.07, 6.45) is 21.8. The molecule has 0 nitrogen and oxygen atoms in total. The van der Waals surface area contributed by atoms with Gasteiger partial charge in [-0.25, -0.2) is 0 Å². The predicted molar refractivity (Wildman–Crippen MR) is 79.9 cm³/mol. The zero-order valence-corrected chi connectivity index (χ0v) is 11.8. The van der Waals surface area contributed by atoms with Crippen LogP contribution in [0.2, 0.25) is 0 Å². The molecule has 0 bridgehead atoms. The Hall–Kier alpha value is -0.260. The highest BCUT2D eigenvalue weighted by Crippen LogP contribution is 2.10. The minimum Gasteiger partial charge on any atom is -0.0885 e. The third-order valence-corrected chi connectivity index (χ3v) is 3.16. The molecule has 0 aromatic heterocycles. The Bertz CT molecular complexity index is 146. The second-order valence-corrected chi connectivity index (χ2v) is 4.94. The van der Waals surface area contributed by atoms with Gasteiger partial charge in [0.1, 0.15) is 0 Å². The van der Waals surface area contributed by atoms with E-state index in [-0.39, 0.29) is 0 Å². The standard InChI is InChI=1S/C17H32/c1-3-5-7-9-11-13-15-17-16-14-12-10-8-6-4-2/h11,13H,1-10,12,14-17H2. The topological polar surface area (TPSA) is 0 Å². The van der Waals surface area contributed by atoms with E-state index in [1.54, 1.807) is 0 Å². The molecule has 0 amide bonds. The molecule has 0 aliphatic heterocycles. The van der Waals surface area contributed by atoms with Crippen molar-refractivity contribution in [2.24, 2.45) is 0 Å². The van der Waals surface area contributed by atoms with Gasteiger partial charge in [-0.2, -0.15) is 0 Å². The molecule has 100 valence electrons. The lowest BCUT2D eigenvalue weighted by molar-refractivity contribution is 0.583. The minimum absolute atomic E-state index is 1.09. The summed E-state index contributed by atoms with van der Waals surface area (Å²) >= 11 is 0.